The van der Waals surface area contributed by atoms with Crippen LogP contribution in [0.1, 0.15) is 19.5 Å². The number of nitrogens with two attached hydrogens (primary N) is 1. The molecular formula is C15H21N3O. The van der Waals surface area contributed by atoms with Gasteiger partial charge in [-0.1, -0.05) is 13.8 Å². The summed E-state index contributed by atoms with van der Waals surface area (Å²) >= 11 is 0. The molecule has 4 nitrogen and oxygen atoms in total. The summed E-state index contributed by atoms with van der Waals surface area (Å²) < 4.78 is 0. The van der Waals surface area contributed by atoms with Gasteiger partial charge in [0.15, 0.2) is 0 Å². The molecule has 0 bridgehead atoms. The molecule has 0 unspecified atom stereocenters. The molecule has 0 saturated heterocycles. The van der Waals surface area contributed by atoms with Gasteiger partial charge in [0.2, 0.25) is 0 Å². The number of aliphatic hydroxyl groups excluding tert-OH is 1. The Morgan fingerprint density at radius 1 is 1.32 bits per heavy atom. The standard InChI is InChI=1S/C15H21N3O/c1-10-6-14(17-8-15(2,3)9-19)12-7-11(16)4-5-13(12)18-10/h4-7,19H,8-9,16H2,1-3H3,(H,17,18). The van der Waals surface area contributed by atoms with Gasteiger partial charge in [-0.05, 0) is 31.2 Å². The highest BCUT2D eigenvalue weighted by atomic mass is 16.3. The van der Waals surface area contributed by atoms with Crippen LogP contribution in [0.25, 0.3) is 10.9 Å². The minimum atomic E-state index is -0.163. The van der Waals surface area contributed by atoms with Gasteiger partial charge >= 0.3 is 0 Å². The zero-order valence-corrected chi connectivity index (χ0v) is 11.7. The van der Waals surface area contributed by atoms with Crippen LogP contribution in [-0.4, -0.2) is 23.2 Å². The highest BCUT2D eigenvalue weighted by Crippen LogP contribution is 2.26. The van der Waals surface area contributed by atoms with Crippen LogP contribution in [0.3, 0.4) is 0 Å². The third-order valence-corrected chi connectivity index (χ3v) is 3.15. The van der Waals surface area contributed by atoms with E-state index < -0.39 is 0 Å². The van der Waals surface area contributed by atoms with Crippen LogP contribution < -0.4 is 11.1 Å². The second kappa shape index (κ2) is 5.05. The smallest absolute Gasteiger partial charge is 0.0727 e. The van der Waals surface area contributed by atoms with Gasteiger partial charge in [-0.2, -0.15) is 0 Å². The number of aromatic nitrogens is 1. The van der Waals surface area contributed by atoms with Crippen LogP contribution in [0.2, 0.25) is 0 Å². The number of anilines is 2. The quantitative estimate of drug-likeness (QED) is 0.738. The van der Waals surface area contributed by atoms with Gasteiger partial charge in [-0.3, -0.25) is 4.98 Å². The fourth-order valence-electron chi connectivity index (χ4n) is 1.91. The number of aryl methyl sites for hydroxylation is 1. The molecule has 4 N–H and O–H groups in total. The highest BCUT2D eigenvalue weighted by Gasteiger charge is 2.16. The number of nitrogens with zero attached hydrogens (tertiary/aromatic N) is 1. The minimum Gasteiger partial charge on any atom is -0.399 e. The van der Waals surface area contributed by atoms with Gasteiger partial charge in [0.1, 0.15) is 0 Å². The Kier molecular flexibility index (Phi) is 3.62. The molecule has 1 heterocycles. The number of rotatable bonds is 4. The van der Waals surface area contributed by atoms with Gasteiger partial charge in [-0.25, -0.2) is 0 Å². The Hall–Kier alpha value is -1.81. The monoisotopic (exact) mass is 259 g/mol. The van der Waals surface area contributed by atoms with E-state index in [-0.39, 0.29) is 12.0 Å². The van der Waals surface area contributed by atoms with E-state index in [4.69, 9.17) is 5.73 Å². The van der Waals surface area contributed by atoms with Crippen molar-refractivity contribution in [3.63, 3.8) is 0 Å². The lowest BCUT2D eigenvalue weighted by Crippen LogP contribution is -2.26. The fraction of sp³-hybridized carbons (Fsp3) is 0.400. The van der Waals surface area contributed by atoms with E-state index in [2.05, 4.69) is 10.3 Å². The van der Waals surface area contributed by atoms with Crippen molar-refractivity contribution in [3.8, 4) is 0 Å². The van der Waals surface area contributed by atoms with E-state index in [0.717, 1.165) is 28.0 Å². The molecule has 19 heavy (non-hydrogen) atoms. The fourth-order valence-corrected chi connectivity index (χ4v) is 1.91. The molecule has 2 aromatic rings. The Labute approximate surface area is 113 Å². The molecule has 0 aliphatic rings. The molecule has 2 rings (SSSR count). The maximum atomic E-state index is 9.31. The number of benzene rings is 1. The van der Waals surface area contributed by atoms with Gasteiger partial charge < -0.3 is 16.2 Å². The largest absolute Gasteiger partial charge is 0.399 e. The zero-order chi connectivity index (χ0) is 14.0. The van der Waals surface area contributed by atoms with Crippen molar-refractivity contribution < 1.29 is 5.11 Å². The van der Waals surface area contributed by atoms with Crippen molar-refractivity contribution in [1.82, 2.24) is 4.98 Å². The molecule has 0 amide bonds. The van der Waals surface area contributed by atoms with Crippen molar-refractivity contribution in [2.75, 3.05) is 24.2 Å². The summed E-state index contributed by atoms with van der Waals surface area (Å²) in [5.74, 6) is 0. The third kappa shape index (κ3) is 3.15. The number of hydrogen-bond acceptors (Lipinski definition) is 4. The first-order valence-electron chi connectivity index (χ1n) is 6.43. The molecule has 102 valence electrons. The lowest BCUT2D eigenvalue weighted by Gasteiger charge is -2.23. The van der Waals surface area contributed by atoms with Crippen molar-refractivity contribution in [3.05, 3.63) is 30.0 Å². The molecule has 0 spiro atoms. The normalized spacial score (nSPS) is 11.8. The number of hydrogen-bond donors (Lipinski definition) is 3. The number of nitrogens with one attached hydrogen (secondary N) is 1. The van der Waals surface area contributed by atoms with Crippen LogP contribution in [0.4, 0.5) is 11.4 Å². The number of nitrogen functional groups attached to an aromatic ring is 1. The second-order valence-corrected chi connectivity index (χ2v) is 5.76. The van der Waals surface area contributed by atoms with Crippen molar-refractivity contribution >= 4 is 22.3 Å². The van der Waals surface area contributed by atoms with E-state index in [0.29, 0.717) is 6.54 Å². The van der Waals surface area contributed by atoms with Crippen LogP contribution in [0, 0.1) is 12.3 Å². The average Bonchev–Trinajstić information content (AvgIpc) is 2.36. The van der Waals surface area contributed by atoms with Crippen molar-refractivity contribution in [1.29, 1.82) is 0 Å². The first-order valence-corrected chi connectivity index (χ1v) is 6.43. The summed E-state index contributed by atoms with van der Waals surface area (Å²) in [6, 6.07) is 7.72. The summed E-state index contributed by atoms with van der Waals surface area (Å²) in [6.07, 6.45) is 0. The van der Waals surface area contributed by atoms with Gasteiger partial charge in [-0.15, -0.1) is 0 Å². The Bertz CT molecular complexity index is 593. The molecule has 0 aliphatic carbocycles. The molecule has 0 saturated carbocycles. The van der Waals surface area contributed by atoms with Gasteiger partial charge in [0, 0.05) is 41.0 Å². The zero-order valence-electron chi connectivity index (χ0n) is 11.7. The average molecular weight is 259 g/mol. The summed E-state index contributed by atoms with van der Waals surface area (Å²) in [5.41, 5.74) is 9.30. The molecule has 0 atom stereocenters. The van der Waals surface area contributed by atoms with E-state index in [1.807, 2.05) is 45.0 Å². The Balaban J connectivity index is 2.38. The van der Waals surface area contributed by atoms with Crippen LogP contribution in [-0.2, 0) is 0 Å². The van der Waals surface area contributed by atoms with E-state index >= 15 is 0 Å². The molecule has 4 heteroatoms. The summed E-state index contributed by atoms with van der Waals surface area (Å²) in [4.78, 5) is 4.50. The van der Waals surface area contributed by atoms with E-state index in [1.54, 1.807) is 0 Å². The summed E-state index contributed by atoms with van der Waals surface area (Å²) in [7, 11) is 0. The lowest BCUT2D eigenvalue weighted by atomic mass is 9.95. The molecule has 0 aliphatic heterocycles. The Morgan fingerprint density at radius 3 is 2.74 bits per heavy atom. The predicted octanol–water partition coefficient (Wildman–Crippen LogP) is 2.56. The molecule has 1 aromatic carbocycles. The summed E-state index contributed by atoms with van der Waals surface area (Å²) in [6.45, 7) is 6.84. The maximum absolute atomic E-state index is 9.31. The maximum Gasteiger partial charge on any atom is 0.0727 e. The molecule has 1 aromatic heterocycles. The van der Waals surface area contributed by atoms with Crippen LogP contribution in [0.15, 0.2) is 24.3 Å². The minimum absolute atomic E-state index is 0.143. The lowest BCUT2D eigenvalue weighted by molar-refractivity contribution is 0.171. The van der Waals surface area contributed by atoms with Crippen molar-refractivity contribution in [2.24, 2.45) is 5.41 Å². The summed E-state index contributed by atoms with van der Waals surface area (Å²) in [5, 5.41) is 13.7. The van der Waals surface area contributed by atoms with Crippen LogP contribution in [0.5, 0.6) is 0 Å². The molecule has 0 radical (unpaired) electrons. The first kappa shape index (κ1) is 13.6. The van der Waals surface area contributed by atoms with E-state index in [1.165, 1.54) is 0 Å². The molecular weight excluding hydrogens is 238 g/mol. The third-order valence-electron chi connectivity index (χ3n) is 3.15. The second-order valence-electron chi connectivity index (χ2n) is 5.76. The Morgan fingerprint density at radius 2 is 2.05 bits per heavy atom. The topological polar surface area (TPSA) is 71.2 Å². The SMILES string of the molecule is Cc1cc(NCC(C)(C)CO)c2cc(N)ccc2n1. The van der Waals surface area contributed by atoms with Gasteiger partial charge in [0.05, 0.1) is 5.52 Å². The highest BCUT2D eigenvalue weighted by molar-refractivity contribution is 5.93. The van der Waals surface area contributed by atoms with Crippen molar-refractivity contribution in [2.45, 2.75) is 20.8 Å². The number of fused-ring (bicyclic) bond motifs is 1. The predicted molar refractivity (Wildman–Crippen MR) is 80.2 cm³/mol. The number of pyridine rings is 1. The van der Waals surface area contributed by atoms with E-state index in [9.17, 15) is 5.11 Å². The first-order chi connectivity index (χ1) is 8.91. The van der Waals surface area contributed by atoms with Gasteiger partial charge in [0.25, 0.3) is 0 Å². The van der Waals surface area contributed by atoms with Crippen LogP contribution >= 0.6 is 0 Å². The number of aliphatic hydroxyl groups is 1. The molecule has 0 fully saturated rings.